The van der Waals surface area contributed by atoms with Gasteiger partial charge in [-0.05, 0) is 31.0 Å². The number of carbonyl (C=O) groups is 1. The van der Waals surface area contributed by atoms with Crippen molar-refractivity contribution in [3.05, 3.63) is 29.3 Å². The van der Waals surface area contributed by atoms with E-state index in [0.29, 0.717) is 0 Å². The van der Waals surface area contributed by atoms with Gasteiger partial charge in [0.25, 0.3) is 5.91 Å². The van der Waals surface area contributed by atoms with Crippen LogP contribution >= 0.6 is 0 Å². The van der Waals surface area contributed by atoms with Gasteiger partial charge in [0, 0.05) is 24.3 Å². The van der Waals surface area contributed by atoms with E-state index >= 15 is 0 Å². The summed E-state index contributed by atoms with van der Waals surface area (Å²) in [6.07, 6.45) is -3.62. The molecule has 0 aliphatic rings. The Morgan fingerprint density at radius 3 is 2.38 bits per heavy atom. The normalized spacial score (nSPS) is 14.4. The topological polar surface area (TPSA) is 41.1 Å². The molecule has 118 valence electrons. The molecular weight excluding hydrogens is 281 g/mol. The van der Waals surface area contributed by atoms with Gasteiger partial charge >= 0.3 is 6.18 Å². The van der Waals surface area contributed by atoms with Crippen molar-refractivity contribution < 1.29 is 18.0 Å². The minimum atomic E-state index is -4.50. The fraction of sp³-hybridized carbons (Fsp3) is 0.533. The molecule has 2 N–H and O–H groups in total. The Labute approximate surface area is 122 Å². The molecule has 0 fully saturated rings. The summed E-state index contributed by atoms with van der Waals surface area (Å²) in [4.78, 5) is 12.1. The fourth-order valence-corrected chi connectivity index (χ4v) is 1.92. The van der Waals surface area contributed by atoms with E-state index in [9.17, 15) is 18.0 Å². The number of amides is 1. The lowest BCUT2D eigenvalue weighted by Crippen LogP contribution is -2.37. The van der Waals surface area contributed by atoms with Crippen molar-refractivity contribution in [2.24, 2.45) is 5.92 Å². The highest BCUT2D eigenvalue weighted by Gasteiger charge is 2.34. The number of anilines is 1. The van der Waals surface area contributed by atoms with Gasteiger partial charge in [0.2, 0.25) is 0 Å². The third kappa shape index (κ3) is 4.37. The van der Waals surface area contributed by atoms with Gasteiger partial charge in [-0.3, -0.25) is 4.79 Å². The van der Waals surface area contributed by atoms with Crippen molar-refractivity contribution in [1.29, 1.82) is 0 Å². The molecule has 2 atom stereocenters. The summed E-state index contributed by atoms with van der Waals surface area (Å²) in [6, 6.07) is 3.44. The number of nitrogens with one attached hydrogen (secondary N) is 2. The third-order valence-corrected chi connectivity index (χ3v) is 3.71. The molecule has 1 rings (SSSR count). The van der Waals surface area contributed by atoms with Crippen LogP contribution in [0.1, 0.15) is 43.1 Å². The summed E-state index contributed by atoms with van der Waals surface area (Å²) in [5.74, 6) is -0.233. The largest absolute Gasteiger partial charge is 0.418 e. The Morgan fingerprint density at radius 2 is 1.90 bits per heavy atom. The zero-order valence-corrected chi connectivity index (χ0v) is 12.6. The van der Waals surface area contributed by atoms with E-state index in [0.717, 1.165) is 12.5 Å². The molecule has 0 saturated heterocycles. The van der Waals surface area contributed by atoms with Gasteiger partial charge in [-0.25, -0.2) is 0 Å². The van der Waals surface area contributed by atoms with E-state index in [1.54, 1.807) is 0 Å². The van der Waals surface area contributed by atoms with Crippen molar-refractivity contribution in [2.45, 2.75) is 39.4 Å². The predicted molar refractivity (Wildman–Crippen MR) is 77.4 cm³/mol. The fourth-order valence-electron chi connectivity index (χ4n) is 1.92. The van der Waals surface area contributed by atoms with E-state index in [2.05, 4.69) is 10.6 Å². The standard InChI is InChI=1S/C15H21F3N2O/c1-5-9(2)10(3)20-14(21)11-6-7-13(19-4)12(8-11)15(16,17)18/h6-10,19H,5H2,1-4H3,(H,20,21). The molecule has 0 saturated carbocycles. The first-order valence-corrected chi connectivity index (χ1v) is 6.90. The summed E-state index contributed by atoms with van der Waals surface area (Å²) in [6.45, 7) is 5.83. The van der Waals surface area contributed by atoms with E-state index in [4.69, 9.17) is 0 Å². The molecule has 6 heteroatoms. The van der Waals surface area contributed by atoms with Gasteiger partial charge in [0.05, 0.1) is 5.56 Å². The Kier molecular flexibility index (Phi) is 5.63. The molecule has 0 aromatic heterocycles. The summed E-state index contributed by atoms with van der Waals surface area (Å²) in [7, 11) is 1.41. The second-order valence-electron chi connectivity index (χ2n) is 5.16. The van der Waals surface area contributed by atoms with Gasteiger partial charge in [0.1, 0.15) is 0 Å². The molecule has 1 aromatic rings. The molecule has 1 amide bonds. The summed E-state index contributed by atoms with van der Waals surface area (Å²) < 4.78 is 38.9. The molecule has 0 aliphatic heterocycles. The zero-order chi connectivity index (χ0) is 16.2. The molecule has 3 nitrogen and oxygen atoms in total. The van der Waals surface area contributed by atoms with Crippen LogP contribution in [0.4, 0.5) is 18.9 Å². The van der Waals surface area contributed by atoms with Crippen molar-refractivity contribution in [1.82, 2.24) is 5.32 Å². The maximum absolute atomic E-state index is 13.0. The van der Waals surface area contributed by atoms with Crippen LogP contribution in [-0.2, 0) is 6.18 Å². The van der Waals surface area contributed by atoms with Crippen LogP contribution in [0.25, 0.3) is 0 Å². The average molecular weight is 302 g/mol. The average Bonchev–Trinajstić information content (AvgIpc) is 2.44. The maximum atomic E-state index is 13.0. The van der Waals surface area contributed by atoms with Crippen molar-refractivity contribution in [3.63, 3.8) is 0 Å². The lowest BCUT2D eigenvalue weighted by atomic mass is 10.00. The minimum absolute atomic E-state index is 0.0106. The van der Waals surface area contributed by atoms with Crippen LogP contribution in [0.2, 0.25) is 0 Å². The Hall–Kier alpha value is -1.72. The Balaban J connectivity index is 3.01. The third-order valence-electron chi connectivity index (χ3n) is 3.71. The van der Waals surface area contributed by atoms with Crippen molar-refractivity contribution in [3.8, 4) is 0 Å². The minimum Gasteiger partial charge on any atom is -0.388 e. The van der Waals surface area contributed by atoms with Gasteiger partial charge < -0.3 is 10.6 Å². The number of halogens is 3. The van der Waals surface area contributed by atoms with E-state index < -0.39 is 17.6 Å². The predicted octanol–water partition coefficient (Wildman–Crippen LogP) is 3.91. The van der Waals surface area contributed by atoms with E-state index in [-0.39, 0.29) is 23.2 Å². The smallest absolute Gasteiger partial charge is 0.388 e. The Morgan fingerprint density at radius 1 is 1.29 bits per heavy atom. The molecule has 0 spiro atoms. The first-order valence-electron chi connectivity index (χ1n) is 6.90. The second kappa shape index (κ2) is 6.83. The van der Waals surface area contributed by atoms with Gasteiger partial charge in [-0.2, -0.15) is 13.2 Å². The highest BCUT2D eigenvalue weighted by atomic mass is 19.4. The van der Waals surface area contributed by atoms with Crippen LogP contribution in [0.5, 0.6) is 0 Å². The lowest BCUT2D eigenvalue weighted by Gasteiger charge is -2.20. The monoisotopic (exact) mass is 302 g/mol. The molecule has 2 unspecified atom stereocenters. The molecule has 21 heavy (non-hydrogen) atoms. The number of benzene rings is 1. The second-order valence-corrected chi connectivity index (χ2v) is 5.16. The summed E-state index contributed by atoms with van der Waals surface area (Å²) in [5, 5.41) is 5.22. The van der Waals surface area contributed by atoms with Crippen molar-refractivity contribution >= 4 is 11.6 Å². The van der Waals surface area contributed by atoms with Crippen LogP contribution in [0.3, 0.4) is 0 Å². The SMILES string of the molecule is CCC(C)C(C)NC(=O)c1ccc(NC)c(C(F)(F)F)c1. The van der Waals surface area contributed by atoms with Gasteiger partial charge in [0.15, 0.2) is 0 Å². The molecular formula is C15H21F3N2O. The van der Waals surface area contributed by atoms with Crippen molar-refractivity contribution in [2.75, 3.05) is 12.4 Å². The zero-order valence-electron chi connectivity index (χ0n) is 12.6. The van der Waals surface area contributed by atoms with Crippen LogP contribution in [-0.4, -0.2) is 19.0 Å². The van der Waals surface area contributed by atoms with Crippen LogP contribution in [0, 0.1) is 5.92 Å². The first-order chi connectivity index (χ1) is 9.70. The summed E-state index contributed by atoms with van der Waals surface area (Å²) in [5.41, 5.74) is -0.876. The van der Waals surface area contributed by atoms with E-state index in [1.807, 2.05) is 20.8 Å². The highest BCUT2D eigenvalue weighted by molar-refractivity contribution is 5.95. The molecule has 1 aromatic carbocycles. The van der Waals surface area contributed by atoms with Crippen LogP contribution < -0.4 is 10.6 Å². The number of rotatable bonds is 5. The first kappa shape index (κ1) is 17.3. The lowest BCUT2D eigenvalue weighted by molar-refractivity contribution is -0.136. The quantitative estimate of drug-likeness (QED) is 0.866. The Bertz CT molecular complexity index is 500. The van der Waals surface area contributed by atoms with Gasteiger partial charge in [-0.15, -0.1) is 0 Å². The summed E-state index contributed by atoms with van der Waals surface area (Å²) >= 11 is 0. The molecule has 0 heterocycles. The van der Waals surface area contributed by atoms with Crippen LogP contribution in [0.15, 0.2) is 18.2 Å². The molecule has 0 aliphatic carbocycles. The number of hydrogen-bond donors (Lipinski definition) is 2. The molecule has 0 bridgehead atoms. The number of hydrogen-bond acceptors (Lipinski definition) is 2. The van der Waals surface area contributed by atoms with E-state index in [1.165, 1.54) is 19.2 Å². The van der Waals surface area contributed by atoms with Gasteiger partial charge in [-0.1, -0.05) is 20.3 Å². The molecule has 0 radical (unpaired) electrons. The maximum Gasteiger partial charge on any atom is 0.418 e. The number of carbonyl (C=O) groups excluding carboxylic acids is 1. The highest BCUT2D eigenvalue weighted by Crippen LogP contribution is 2.35. The number of alkyl halides is 3.